The van der Waals surface area contributed by atoms with Gasteiger partial charge in [0.05, 0.1) is 5.69 Å². The van der Waals surface area contributed by atoms with Crippen LogP contribution in [0, 0.1) is 6.92 Å². The number of aromatic nitrogens is 5. The Labute approximate surface area is 163 Å². The molecule has 0 atom stereocenters. The van der Waals surface area contributed by atoms with Gasteiger partial charge in [0.2, 0.25) is 0 Å². The first-order chi connectivity index (χ1) is 13.4. The van der Waals surface area contributed by atoms with Gasteiger partial charge in [-0.25, -0.2) is 9.50 Å². The summed E-state index contributed by atoms with van der Waals surface area (Å²) in [5.41, 5.74) is 11.0. The Kier molecular flexibility index (Phi) is 4.89. The molecule has 0 radical (unpaired) electrons. The van der Waals surface area contributed by atoms with Crippen molar-refractivity contribution < 1.29 is 4.79 Å². The lowest BCUT2D eigenvalue weighted by Crippen LogP contribution is -2.40. The number of aryl methyl sites for hydroxylation is 1. The summed E-state index contributed by atoms with van der Waals surface area (Å²) in [4.78, 5) is 17.2. The second-order valence-electron chi connectivity index (χ2n) is 8.04. The van der Waals surface area contributed by atoms with Crippen molar-refractivity contribution >= 4 is 11.6 Å². The van der Waals surface area contributed by atoms with Crippen LogP contribution in [-0.4, -0.2) is 42.8 Å². The highest BCUT2D eigenvalue weighted by molar-refractivity contribution is 5.96. The minimum atomic E-state index is -0.120. The Morgan fingerprint density at radius 3 is 2.79 bits per heavy atom. The van der Waals surface area contributed by atoms with E-state index >= 15 is 0 Å². The van der Waals surface area contributed by atoms with Crippen LogP contribution in [0.4, 0.5) is 0 Å². The third kappa shape index (κ3) is 3.40. The number of nitrogens with two attached hydrogens (primary N) is 1. The summed E-state index contributed by atoms with van der Waals surface area (Å²) in [5, 5.41) is 14.9. The maximum atomic E-state index is 12.9. The highest BCUT2D eigenvalue weighted by Crippen LogP contribution is 2.31. The van der Waals surface area contributed by atoms with E-state index in [0.717, 1.165) is 53.7 Å². The molecule has 0 saturated heterocycles. The van der Waals surface area contributed by atoms with E-state index in [0.29, 0.717) is 5.69 Å². The van der Waals surface area contributed by atoms with Crippen LogP contribution in [0.25, 0.3) is 16.9 Å². The normalized spacial score (nSPS) is 20.0. The summed E-state index contributed by atoms with van der Waals surface area (Å²) in [6.07, 6.45) is 7.19. The van der Waals surface area contributed by atoms with Gasteiger partial charge in [0.1, 0.15) is 6.33 Å². The van der Waals surface area contributed by atoms with E-state index in [9.17, 15) is 4.79 Å². The van der Waals surface area contributed by atoms with E-state index in [1.807, 2.05) is 19.2 Å². The van der Waals surface area contributed by atoms with Crippen molar-refractivity contribution in [3.05, 3.63) is 35.4 Å². The Bertz CT molecular complexity index is 995. The van der Waals surface area contributed by atoms with E-state index in [4.69, 9.17) is 5.73 Å². The number of pyridine rings is 1. The molecule has 0 spiro atoms. The molecule has 1 fully saturated rings. The summed E-state index contributed by atoms with van der Waals surface area (Å²) in [5.74, 6) is 0.0197. The van der Waals surface area contributed by atoms with Crippen molar-refractivity contribution in [1.82, 2.24) is 30.1 Å². The molecule has 0 aliphatic heterocycles. The highest BCUT2D eigenvalue weighted by atomic mass is 16.2. The maximum absolute atomic E-state index is 12.9. The van der Waals surface area contributed by atoms with Crippen LogP contribution in [0.2, 0.25) is 0 Å². The van der Waals surface area contributed by atoms with Crippen molar-refractivity contribution in [3.8, 4) is 11.3 Å². The minimum Gasteiger partial charge on any atom is -0.348 e. The number of nitrogens with zero attached hydrogens (tertiary/aromatic N) is 4. The number of rotatable bonds is 4. The summed E-state index contributed by atoms with van der Waals surface area (Å²) in [6, 6.07) is 2.47. The number of carbonyl (C=O) groups is 1. The Balaban J connectivity index is 1.66. The van der Waals surface area contributed by atoms with E-state index in [-0.39, 0.29) is 23.9 Å². The number of amides is 1. The number of hydrogen-bond acceptors (Lipinski definition) is 5. The zero-order chi connectivity index (χ0) is 19.8. The van der Waals surface area contributed by atoms with E-state index in [2.05, 4.69) is 39.4 Å². The van der Waals surface area contributed by atoms with Crippen molar-refractivity contribution in [2.24, 2.45) is 5.73 Å². The first-order valence-corrected chi connectivity index (χ1v) is 9.89. The second kappa shape index (κ2) is 7.35. The van der Waals surface area contributed by atoms with Crippen LogP contribution in [-0.2, 0) is 0 Å². The molecule has 3 aromatic rings. The highest BCUT2D eigenvalue weighted by Gasteiger charge is 2.26. The lowest BCUT2D eigenvalue weighted by atomic mass is 9.91. The van der Waals surface area contributed by atoms with Gasteiger partial charge in [0.25, 0.3) is 5.91 Å². The zero-order valence-electron chi connectivity index (χ0n) is 16.6. The zero-order valence-corrected chi connectivity index (χ0v) is 16.6. The van der Waals surface area contributed by atoms with Gasteiger partial charge < -0.3 is 11.1 Å². The maximum Gasteiger partial charge on any atom is 0.272 e. The van der Waals surface area contributed by atoms with Crippen LogP contribution in [0.5, 0.6) is 0 Å². The van der Waals surface area contributed by atoms with Gasteiger partial charge in [-0.15, -0.1) is 0 Å². The number of H-pyrrole nitrogens is 1. The van der Waals surface area contributed by atoms with Crippen LogP contribution in [0.3, 0.4) is 0 Å². The Morgan fingerprint density at radius 2 is 2.07 bits per heavy atom. The molecule has 0 bridgehead atoms. The monoisotopic (exact) mass is 381 g/mol. The fourth-order valence-electron chi connectivity index (χ4n) is 4.05. The molecule has 8 heteroatoms. The Hall–Kier alpha value is -2.74. The van der Waals surface area contributed by atoms with Crippen molar-refractivity contribution in [3.63, 3.8) is 0 Å². The average molecular weight is 381 g/mol. The van der Waals surface area contributed by atoms with Gasteiger partial charge in [-0.05, 0) is 50.2 Å². The molecule has 0 unspecified atom stereocenters. The first kappa shape index (κ1) is 18.6. The van der Waals surface area contributed by atoms with Gasteiger partial charge in [0.15, 0.2) is 11.3 Å². The van der Waals surface area contributed by atoms with Gasteiger partial charge in [0, 0.05) is 29.4 Å². The largest absolute Gasteiger partial charge is 0.348 e. The Morgan fingerprint density at radius 1 is 1.32 bits per heavy atom. The van der Waals surface area contributed by atoms with E-state index in [1.54, 1.807) is 4.52 Å². The number of carbonyl (C=O) groups excluding carboxylic acids is 1. The molecule has 3 aromatic heterocycles. The van der Waals surface area contributed by atoms with E-state index < -0.39 is 0 Å². The smallest absolute Gasteiger partial charge is 0.272 e. The van der Waals surface area contributed by atoms with Crippen LogP contribution in [0.15, 0.2) is 18.6 Å². The number of nitrogens with one attached hydrogen (secondary N) is 2. The van der Waals surface area contributed by atoms with Crippen LogP contribution in [0.1, 0.15) is 67.1 Å². The molecule has 1 aliphatic carbocycles. The third-order valence-corrected chi connectivity index (χ3v) is 5.55. The van der Waals surface area contributed by atoms with Gasteiger partial charge in [-0.1, -0.05) is 13.8 Å². The van der Waals surface area contributed by atoms with Gasteiger partial charge >= 0.3 is 0 Å². The summed E-state index contributed by atoms with van der Waals surface area (Å²) < 4.78 is 1.75. The minimum absolute atomic E-state index is 0.120. The summed E-state index contributed by atoms with van der Waals surface area (Å²) in [6.45, 7) is 6.15. The molecule has 148 valence electrons. The molecule has 28 heavy (non-hydrogen) atoms. The fourth-order valence-corrected chi connectivity index (χ4v) is 4.05. The first-order valence-electron chi connectivity index (χ1n) is 9.89. The van der Waals surface area contributed by atoms with Crippen LogP contribution >= 0.6 is 0 Å². The lowest BCUT2D eigenvalue weighted by molar-refractivity contribution is 0.0919. The topological polar surface area (TPSA) is 114 Å². The average Bonchev–Trinajstić information content (AvgIpc) is 3.30. The molecule has 1 amide bonds. The number of hydrogen-bond donors (Lipinski definition) is 3. The standard InChI is InChI=1S/C20H27N7O/c1-11(2)16-17(13-8-12(3)19-22-10-23-27(19)9-13)25-26-18(16)20(28)24-15-6-4-14(21)5-7-15/h8-11,14-15H,4-7,21H2,1-3H3,(H,24,28)(H,25,26)/t14-,15+. The predicted molar refractivity (Wildman–Crippen MR) is 107 cm³/mol. The summed E-state index contributed by atoms with van der Waals surface area (Å²) in [7, 11) is 0. The molecule has 3 heterocycles. The van der Waals surface area contributed by atoms with Gasteiger partial charge in [-0.3, -0.25) is 9.89 Å². The lowest BCUT2D eigenvalue weighted by Gasteiger charge is -2.26. The summed E-state index contributed by atoms with van der Waals surface area (Å²) >= 11 is 0. The quantitative estimate of drug-likeness (QED) is 0.643. The fraction of sp³-hybridized carbons (Fsp3) is 0.500. The SMILES string of the molecule is Cc1cc(-c2[nH]nc(C(=O)N[C@H]3CC[C@@H](N)CC3)c2C(C)C)cn2ncnc12. The number of aromatic amines is 1. The molecule has 0 aromatic carbocycles. The number of fused-ring (bicyclic) bond motifs is 1. The van der Waals surface area contributed by atoms with Crippen molar-refractivity contribution in [2.75, 3.05) is 0 Å². The molecular formula is C20H27N7O. The van der Waals surface area contributed by atoms with Crippen molar-refractivity contribution in [1.29, 1.82) is 0 Å². The molecule has 1 aliphatic rings. The van der Waals surface area contributed by atoms with Crippen LogP contribution < -0.4 is 11.1 Å². The van der Waals surface area contributed by atoms with Crippen molar-refractivity contribution in [2.45, 2.75) is 64.5 Å². The second-order valence-corrected chi connectivity index (χ2v) is 8.04. The van der Waals surface area contributed by atoms with E-state index in [1.165, 1.54) is 6.33 Å². The predicted octanol–water partition coefficient (Wildman–Crippen LogP) is 2.55. The molecule has 4 N–H and O–H groups in total. The molecular weight excluding hydrogens is 354 g/mol. The third-order valence-electron chi connectivity index (χ3n) is 5.55. The molecule has 8 nitrogen and oxygen atoms in total. The molecule has 4 rings (SSSR count). The van der Waals surface area contributed by atoms with Gasteiger partial charge in [-0.2, -0.15) is 10.2 Å². The molecule has 1 saturated carbocycles.